The van der Waals surface area contributed by atoms with Gasteiger partial charge in [-0.25, -0.2) is 0 Å². The van der Waals surface area contributed by atoms with E-state index in [1.165, 1.54) is 0 Å². The zero-order chi connectivity index (χ0) is 27.2. The summed E-state index contributed by atoms with van der Waals surface area (Å²) in [6.07, 6.45) is 11.8. The lowest BCUT2D eigenvalue weighted by Gasteiger charge is -2.44. The van der Waals surface area contributed by atoms with Crippen LogP contribution in [0.25, 0.3) is 0 Å². The molecule has 2 amide bonds. The van der Waals surface area contributed by atoms with Gasteiger partial charge >= 0.3 is 5.97 Å². The minimum atomic E-state index is -0.842. The Morgan fingerprint density at radius 2 is 1.76 bits per heavy atom. The zero-order valence-electron chi connectivity index (χ0n) is 23.3. The first kappa shape index (κ1) is 28.2. The van der Waals surface area contributed by atoms with Gasteiger partial charge in [-0.2, -0.15) is 0 Å². The van der Waals surface area contributed by atoms with Crippen molar-refractivity contribution >= 4 is 29.5 Å². The molecule has 0 aromatic heterocycles. The molecule has 0 aromatic rings. The number of hydrogen-bond acceptors (Lipinski definition) is 6. The van der Waals surface area contributed by atoms with Gasteiger partial charge in [0.1, 0.15) is 6.04 Å². The number of thioether (sulfide) groups is 1. The third-order valence-corrected chi connectivity index (χ3v) is 10.1. The van der Waals surface area contributed by atoms with E-state index in [2.05, 4.69) is 46.8 Å². The summed E-state index contributed by atoms with van der Waals surface area (Å²) in [6, 6.07) is -0.687. The lowest BCUT2D eigenvalue weighted by molar-refractivity contribution is -0.154. The number of rotatable bonds is 7. The zero-order valence-corrected chi connectivity index (χ0v) is 24.1. The van der Waals surface area contributed by atoms with Crippen LogP contribution in [0.5, 0.6) is 0 Å². The first-order chi connectivity index (χ1) is 17.3. The number of fused-ring (bicyclic) bond motifs is 2. The van der Waals surface area contributed by atoms with E-state index >= 15 is 0 Å². The van der Waals surface area contributed by atoms with Gasteiger partial charge in [0, 0.05) is 30.0 Å². The third-order valence-electron chi connectivity index (χ3n) is 8.27. The van der Waals surface area contributed by atoms with Gasteiger partial charge < -0.3 is 19.6 Å². The van der Waals surface area contributed by atoms with Gasteiger partial charge in [-0.3, -0.25) is 14.4 Å². The summed E-state index contributed by atoms with van der Waals surface area (Å²) < 4.78 is 4.13. The van der Waals surface area contributed by atoms with Crippen LogP contribution in [0.1, 0.15) is 73.6 Å². The number of carbonyl (C=O) groups excluding carboxylic acids is 3. The number of cyclic esters (lactones) is 1. The standard InChI is InChI=1S/C29H44N2O5S/c1-26(2,3)19-27(4,5)31-16-12-14-29-20(21-25(35)36-18-11-8-13-28(21,6)37-29)23(33)30(22(29)24(31)34)15-9-7-10-17-32/h8,12-14,20-22,32H,7,9-11,15-19H2,1-6H3/t20-,21-,22?,28+,29-/m0/s1. The number of nitrogens with zero attached hydrogens (tertiary/aromatic N) is 2. The molecule has 2 saturated heterocycles. The van der Waals surface area contributed by atoms with Crippen LogP contribution in [-0.2, 0) is 19.1 Å². The molecule has 4 rings (SSSR count). The molecule has 8 heteroatoms. The monoisotopic (exact) mass is 532 g/mol. The van der Waals surface area contributed by atoms with Crippen molar-refractivity contribution in [3.8, 4) is 0 Å². The lowest BCUT2D eigenvalue weighted by atomic mass is 9.74. The van der Waals surface area contributed by atoms with Crippen molar-refractivity contribution in [2.24, 2.45) is 17.3 Å². The molecule has 4 heterocycles. The molecule has 1 unspecified atom stereocenters. The van der Waals surface area contributed by atoms with Gasteiger partial charge in [0.15, 0.2) is 0 Å². The molecule has 4 aliphatic rings. The Hall–Kier alpha value is -1.80. The average Bonchev–Trinajstić information content (AvgIpc) is 3.08. The van der Waals surface area contributed by atoms with E-state index in [-0.39, 0.29) is 29.8 Å². The molecule has 2 fully saturated rings. The molecule has 5 atom stereocenters. The predicted molar refractivity (Wildman–Crippen MR) is 146 cm³/mol. The number of esters is 1. The number of hydrogen-bond donors (Lipinski definition) is 1. The van der Waals surface area contributed by atoms with Crippen LogP contribution >= 0.6 is 11.8 Å². The second kappa shape index (κ2) is 10.1. The fourth-order valence-corrected chi connectivity index (χ4v) is 9.39. The van der Waals surface area contributed by atoms with Gasteiger partial charge in [0.25, 0.3) is 0 Å². The maximum Gasteiger partial charge on any atom is 0.311 e. The summed E-state index contributed by atoms with van der Waals surface area (Å²) in [6.45, 7) is 14.1. The Kier molecular flexibility index (Phi) is 7.67. The van der Waals surface area contributed by atoms with Crippen molar-refractivity contribution in [3.05, 3.63) is 24.3 Å². The molecule has 0 saturated carbocycles. The summed E-state index contributed by atoms with van der Waals surface area (Å²) in [5, 5.41) is 9.25. The Morgan fingerprint density at radius 1 is 1.03 bits per heavy atom. The number of ether oxygens (including phenoxy) is 1. The highest BCUT2D eigenvalue weighted by Crippen LogP contribution is 2.65. The molecule has 0 aromatic carbocycles. The topological polar surface area (TPSA) is 87.2 Å². The highest BCUT2D eigenvalue weighted by molar-refractivity contribution is 8.02. The van der Waals surface area contributed by atoms with E-state index in [9.17, 15) is 19.5 Å². The Balaban J connectivity index is 1.80. The first-order valence-electron chi connectivity index (χ1n) is 13.7. The molecule has 0 aliphatic carbocycles. The van der Waals surface area contributed by atoms with Crippen LogP contribution in [-0.4, -0.2) is 80.1 Å². The molecule has 206 valence electrons. The van der Waals surface area contributed by atoms with E-state index in [0.717, 1.165) is 12.8 Å². The minimum absolute atomic E-state index is 0.0189. The molecule has 7 nitrogen and oxygen atoms in total. The van der Waals surface area contributed by atoms with Crippen LogP contribution in [0.2, 0.25) is 0 Å². The molecule has 1 spiro atoms. The van der Waals surface area contributed by atoms with E-state index in [1.807, 2.05) is 24.0 Å². The van der Waals surface area contributed by atoms with Gasteiger partial charge in [0.05, 0.1) is 23.2 Å². The Bertz CT molecular complexity index is 985. The summed E-state index contributed by atoms with van der Waals surface area (Å²) in [5.41, 5.74) is -0.395. The van der Waals surface area contributed by atoms with Crippen molar-refractivity contribution in [2.75, 3.05) is 26.3 Å². The highest BCUT2D eigenvalue weighted by Gasteiger charge is 2.74. The van der Waals surface area contributed by atoms with Crippen molar-refractivity contribution < 1.29 is 24.2 Å². The fraction of sp³-hybridized carbons (Fsp3) is 0.759. The smallest absolute Gasteiger partial charge is 0.311 e. The third kappa shape index (κ3) is 5.00. The van der Waals surface area contributed by atoms with Gasteiger partial charge in [-0.1, -0.05) is 45.1 Å². The number of carbonyl (C=O) groups is 3. The molecule has 4 aliphatic heterocycles. The summed E-state index contributed by atoms with van der Waals surface area (Å²) in [4.78, 5) is 45.9. The first-order valence-corrected chi connectivity index (χ1v) is 14.5. The fourth-order valence-electron chi connectivity index (χ4n) is 7.24. The number of unbranched alkanes of at least 4 members (excludes halogenated alkanes) is 2. The van der Waals surface area contributed by atoms with Gasteiger partial charge in [-0.05, 0) is 58.3 Å². The van der Waals surface area contributed by atoms with E-state index < -0.39 is 32.9 Å². The van der Waals surface area contributed by atoms with Crippen LogP contribution in [0.3, 0.4) is 0 Å². The van der Waals surface area contributed by atoms with Crippen molar-refractivity contribution in [1.29, 1.82) is 0 Å². The number of likely N-dealkylation sites (tertiary alicyclic amines) is 1. The maximum atomic E-state index is 14.6. The SMILES string of the molecule is CC(C)(C)CC(C)(C)N1CC=C[C@]23S[C@]4(C)C=CCCOC(=O)[C@@H]4[C@H]2C(=O)N(CCCCCO)C3C1=O. The molecule has 37 heavy (non-hydrogen) atoms. The van der Waals surface area contributed by atoms with E-state index in [1.54, 1.807) is 16.7 Å². The van der Waals surface area contributed by atoms with Crippen LogP contribution in [0, 0.1) is 17.3 Å². The second-order valence-electron chi connectivity index (χ2n) is 13.1. The molecule has 0 bridgehead atoms. The van der Waals surface area contributed by atoms with Gasteiger partial charge in [-0.15, -0.1) is 11.8 Å². The molecule has 0 radical (unpaired) electrons. The lowest BCUT2D eigenvalue weighted by Crippen LogP contribution is -2.58. The number of aliphatic hydroxyl groups is 1. The summed E-state index contributed by atoms with van der Waals surface area (Å²) in [5.74, 6) is -1.83. The highest BCUT2D eigenvalue weighted by atomic mass is 32.2. The van der Waals surface area contributed by atoms with Gasteiger partial charge in [0.2, 0.25) is 11.8 Å². The molecule has 1 N–H and O–H groups in total. The maximum absolute atomic E-state index is 14.6. The number of aliphatic hydroxyl groups excluding tert-OH is 1. The van der Waals surface area contributed by atoms with Crippen molar-refractivity contribution in [2.45, 2.75) is 94.7 Å². The largest absolute Gasteiger partial charge is 0.465 e. The molecular formula is C29H44N2O5S. The van der Waals surface area contributed by atoms with Crippen LogP contribution in [0.4, 0.5) is 0 Å². The normalized spacial score (nSPS) is 34.0. The Labute approximate surface area is 226 Å². The van der Waals surface area contributed by atoms with E-state index in [4.69, 9.17) is 4.74 Å². The average molecular weight is 533 g/mol. The minimum Gasteiger partial charge on any atom is -0.465 e. The second-order valence-corrected chi connectivity index (χ2v) is 14.9. The van der Waals surface area contributed by atoms with Crippen molar-refractivity contribution in [1.82, 2.24) is 9.80 Å². The molecular weight excluding hydrogens is 488 g/mol. The predicted octanol–water partition coefficient (Wildman–Crippen LogP) is 3.95. The van der Waals surface area contributed by atoms with E-state index in [0.29, 0.717) is 39.0 Å². The quantitative estimate of drug-likeness (QED) is 0.304. The van der Waals surface area contributed by atoms with Crippen molar-refractivity contribution in [3.63, 3.8) is 0 Å². The Morgan fingerprint density at radius 3 is 2.43 bits per heavy atom. The number of amides is 2. The van der Waals surface area contributed by atoms with Crippen LogP contribution < -0.4 is 0 Å². The van der Waals surface area contributed by atoms with Crippen LogP contribution in [0.15, 0.2) is 24.3 Å². The summed E-state index contributed by atoms with van der Waals surface area (Å²) in [7, 11) is 0. The summed E-state index contributed by atoms with van der Waals surface area (Å²) >= 11 is 1.59.